The lowest BCUT2D eigenvalue weighted by Crippen LogP contribution is -2.34. The molecule has 0 N–H and O–H groups in total. The highest BCUT2D eigenvalue weighted by Gasteiger charge is 2.27. The summed E-state index contributed by atoms with van der Waals surface area (Å²) in [6, 6.07) is 10.3. The molecule has 168 valence electrons. The summed E-state index contributed by atoms with van der Waals surface area (Å²) in [6.45, 7) is 9.21. The van der Waals surface area contributed by atoms with E-state index in [1.54, 1.807) is 23.2 Å². The van der Waals surface area contributed by atoms with Crippen molar-refractivity contribution < 1.29 is 13.9 Å². The maximum atomic E-state index is 13.6. The van der Waals surface area contributed by atoms with Crippen molar-refractivity contribution in [1.82, 2.24) is 14.8 Å². The number of carbonyl (C=O) groups excluding carboxylic acids is 1. The summed E-state index contributed by atoms with van der Waals surface area (Å²) < 4.78 is 21.3. The number of nitrogens with zero attached hydrogens (tertiary/aromatic N) is 4. The van der Waals surface area contributed by atoms with Crippen LogP contribution in [-0.4, -0.2) is 33.8 Å². The van der Waals surface area contributed by atoms with Gasteiger partial charge in [0.05, 0.1) is 12.3 Å². The Morgan fingerprint density at radius 2 is 2.00 bits per heavy atom. The number of carbonyl (C=O) groups is 1. The molecule has 1 amide bonds. The van der Waals surface area contributed by atoms with Crippen molar-refractivity contribution >= 4 is 11.7 Å². The zero-order valence-corrected chi connectivity index (χ0v) is 19.0. The van der Waals surface area contributed by atoms with Crippen LogP contribution in [-0.2, 0) is 16.0 Å². The highest BCUT2D eigenvalue weighted by molar-refractivity contribution is 5.93. The summed E-state index contributed by atoms with van der Waals surface area (Å²) in [4.78, 5) is 18.9. The molecule has 0 saturated heterocycles. The van der Waals surface area contributed by atoms with Gasteiger partial charge in [-0.3, -0.25) is 9.69 Å². The van der Waals surface area contributed by atoms with E-state index in [0.717, 1.165) is 34.5 Å². The summed E-state index contributed by atoms with van der Waals surface area (Å²) in [7, 11) is 0. The molecule has 0 bridgehead atoms. The molecule has 1 aliphatic rings. The Labute approximate surface area is 188 Å². The van der Waals surface area contributed by atoms with Gasteiger partial charge in [-0.05, 0) is 54.8 Å². The molecule has 0 aliphatic carbocycles. The Balaban J connectivity index is 1.87. The molecule has 1 atom stereocenters. The molecule has 0 saturated carbocycles. The normalized spacial score (nSPS) is 15.6. The van der Waals surface area contributed by atoms with E-state index in [1.807, 2.05) is 30.7 Å². The molecule has 3 heterocycles. The van der Waals surface area contributed by atoms with Crippen molar-refractivity contribution in [3.05, 3.63) is 54.1 Å². The van der Waals surface area contributed by atoms with Gasteiger partial charge in [-0.15, -0.1) is 0 Å². The predicted octanol–water partition coefficient (Wildman–Crippen LogP) is 5.24. The lowest BCUT2D eigenvalue weighted by atomic mass is 9.98. The molecular weight excluding hydrogens is 407 g/mol. The Morgan fingerprint density at radius 1 is 1.25 bits per heavy atom. The Kier molecular flexibility index (Phi) is 6.37. The van der Waals surface area contributed by atoms with Crippen LogP contribution in [0.25, 0.3) is 22.4 Å². The summed E-state index contributed by atoms with van der Waals surface area (Å²) in [6.07, 6.45) is 2.68. The largest absolute Gasteiger partial charge is 0.356 e. The zero-order chi connectivity index (χ0) is 22.8. The number of pyridine rings is 1. The molecule has 1 unspecified atom stereocenters. The number of halogens is 1. The minimum absolute atomic E-state index is 0.0427. The van der Waals surface area contributed by atoms with Gasteiger partial charge >= 0.3 is 0 Å². The second-order valence-electron chi connectivity index (χ2n) is 8.50. The third kappa shape index (κ3) is 4.30. The van der Waals surface area contributed by atoms with E-state index in [0.29, 0.717) is 31.3 Å². The average Bonchev–Trinajstić information content (AvgIpc) is 3.18. The van der Waals surface area contributed by atoms with Gasteiger partial charge in [0.15, 0.2) is 0 Å². The number of hydrogen-bond acceptors (Lipinski definition) is 4. The molecule has 1 aromatic carbocycles. The van der Waals surface area contributed by atoms with Crippen LogP contribution in [0, 0.1) is 11.7 Å². The number of fused-ring (bicyclic) bond motifs is 1. The second kappa shape index (κ2) is 9.20. The molecule has 1 aliphatic heterocycles. The van der Waals surface area contributed by atoms with Crippen LogP contribution in [0.4, 0.5) is 10.2 Å². The molecule has 32 heavy (non-hydrogen) atoms. The van der Waals surface area contributed by atoms with Gasteiger partial charge in [0, 0.05) is 36.7 Å². The van der Waals surface area contributed by atoms with E-state index in [1.165, 1.54) is 12.1 Å². The minimum Gasteiger partial charge on any atom is -0.356 e. The van der Waals surface area contributed by atoms with E-state index < -0.39 is 0 Å². The Hall–Kier alpha value is -3.06. The fraction of sp³-hybridized carbons (Fsp3) is 0.400. The van der Waals surface area contributed by atoms with Crippen molar-refractivity contribution in [2.75, 3.05) is 18.1 Å². The number of anilines is 1. The molecule has 6 nitrogen and oxygen atoms in total. The van der Waals surface area contributed by atoms with Crippen LogP contribution in [0.5, 0.6) is 0 Å². The van der Waals surface area contributed by atoms with E-state index in [-0.39, 0.29) is 18.0 Å². The highest BCUT2D eigenvalue weighted by atomic mass is 19.1. The first-order valence-corrected chi connectivity index (χ1v) is 11.1. The molecule has 0 spiro atoms. The molecule has 3 aromatic rings. The zero-order valence-electron chi connectivity index (χ0n) is 19.0. The van der Waals surface area contributed by atoms with E-state index in [2.05, 4.69) is 18.8 Å². The van der Waals surface area contributed by atoms with Gasteiger partial charge < -0.3 is 4.74 Å². The standard InChI is InChI=1S/C25H29FN4O2/c1-5-23(31)29(15-16(2)3)22-14-19(10-12-27-22)24-21-11-13-32-17(4)30(21)28-25(24)18-6-8-20(26)9-7-18/h6-10,12,14,16-17H,5,11,13,15H2,1-4H3. The van der Waals surface area contributed by atoms with Gasteiger partial charge in [-0.2, -0.15) is 5.10 Å². The fourth-order valence-electron chi connectivity index (χ4n) is 4.12. The molecule has 0 fully saturated rings. The first-order valence-electron chi connectivity index (χ1n) is 11.1. The van der Waals surface area contributed by atoms with E-state index >= 15 is 0 Å². The third-order valence-electron chi connectivity index (χ3n) is 5.63. The highest BCUT2D eigenvalue weighted by Crippen LogP contribution is 2.38. The second-order valence-corrected chi connectivity index (χ2v) is 8.50. The summed E-state index contributed by atoms with van der Waals surface area (Å²) >= 11 is 0. The summed E-state index contributed by atoms with van der Waals surface area (Å²) in [5, 5.41) is 4.85. The van der Waals surface area contributed by atoms with Gasteiger partial charge in [0.2, 0.25) is 5.91 Å². The number of hydrogen-bond donors (Lipinski definition) is 0. The van der Waals surface area contributed by atoms with Crippen LogP contribution in [0.1, 0.15) is 46.0 Å². The van der Waals surface area contributed by atoms with Crippen LogP contribution in [0.2, 0.25) is 0 Å². The summed E-state index contributed by atoms with van der Waals surface area (Å²) in [5.41, 5.74) is 4.58. The molecule has 7 heteroatoms. The smallest absolute Gasteiger partial charge is 0.227 e. The monoisotopic (exact) mass is 436 g/mol. The number of aromatic nitrogens is 3. The van der Waals surface area contributed by atoms with E-state index in [4.69, 9.17) is 9.84 Å². The van der Waals surface area contributed by atoms with Gasteiger partial charge in [-0.1, -0.05) is 20.8 Å². The van der Waals surface area contributed by atoms with Crippen LogP contribution in [0.15, 0.2) is 42.6 Å². The maximum Gasteiger partial charge on any atom is 0.227 e. The quantitative estimate of drug-likeness (QED) is 0.530. The molecule has 0 radical (unpaired) electrons. The fourth-order valence-corrected chi connectivity index (χ4v) is 4.12. The van der Waals surface area contributed by atoms with Crippen molar-refractivity contribution in [2.45, 2.75) is 46.8 Å². The molecular formula is C25H29FN4O2. The maximum absolute atomic E-state index is 13.6. The van der Waals surface area contributed by atoms with Crippen LogP contribution < -0.4 is 4.90 Å². The van der Waals surface area contributed by atoms with Crippen molar-refractivity contribution in [2.24, 2.45) is 5.92 Å². The average molecular weight is 437 g/mol. The number of amides is 1. The predicted molar refractivity (Wildman–Crippen MR) is 123 cm³/mol. The minimum atomic E-state index is -0.287. The number of ether oxygens (including phenoxy) is 1. The number of benzene rings is 1. The first-order chi connectivity index (χ1) is 15.4. The molecule has 2 aromatic heterocycles. The van der Waals surface area contributed by atoms with Crippen molar-refractivity contribution in [3.8, 4) is 22.4 Å². The van der Waals surface area contributed by atoms with Crippen molar-refractivity contribution in [1.29, 1.82) is 0 Å². The lowest BCUT2D eigenvalue weighted by Gasteiger charge is -2.24. The van der Waals surface area contributed by atoms with Gasteiger partial charge in [0.25, 0.3) is 0 Å². The Bertz CT molecular complexity index is 1110. The van der Waals surface area contributed by atoms with Gasteiger partial charge in [-0.25, -0.2) is 14.1 Å². The third-order valence-corrected chi connectivity index (χ3v) is 5.63. The van der Waals surface area contributed by atoms with Gasteiger partial charge in [0.1, 0.15) is 23.6 Å². The number of rotatable bonds is 6. The van der Waals surface area contributed by atoms with E-state index in [9.17, 15) is 9.18 Å². The Morgan fingerprint density at radius 3 is 2.69 bits per heavy atom. The topological polar surface area (TPSA) is 60.2 Å². The summed E-state index contributed by atoms with van der Waals surface area (Å²) in [5.74, 6) is 0.701. The molecule has 4 rings (SSSR count). The van der Waals surface area contributed by atoms with Crippen molar-refractivity contribution in [3.63, 3.8) is 0 Å². The lowest BCUT2D eigenvalue weighted by molar-refractivity contribution is -0.118. The first kappa shape index (κ1) is 22.1. The SMILES string of the molecule is CCC(=O)N(CC(C)C)c1cc(-c2c(-c3ccc(F)cc3)nn3c2CCOC3C)ccn1. The van der Waals surface area contributed by atoms with Crippen LogP contribution >= 0.6 is 0 Å². The van der Waals surface area contributed by atoms with Crippen LogP contribution in [0.3, 0.4) is 0 Å².